The Hall–Kier alpha value is -1.73. The number of benzene rings is 1. The van der Waals surface area contributed by atoms with Crippen molar-refractivity contribution in [3.8, 4) is 11.5 Å². The number of aromatic nitrogens is 1. The summed E-state index contributed by atoms with van der Waals surface area (Å²) in [5, 5.41) is 1.64. The molecule has 27 heavy (non-hydrogen) atoms. The normalized spacial score (nSPS) is 23.9. The zero-order valence-corrected chi connectivity index (χ0v) is 18.0. The second kappa shape index (κ2) is 7.72. The molecule has 0 saturated carbocycles. The lowest BCUT2D eigenvalue weighted by molar-refractivity contribution is 0.302. The van der Waals surface area contributed by atoms with Crippen LogP contribution < -0.4 is 9.47 Å². The first-order valence-corrected chi connectivity index (χ1v) is 10.7. The molecule has 1 aromatic heterocycles. The van der Waals surface area contributed by atoms with Gasteiger partial charge in [-0.1, -0.05) is 24.8 Å². The van der Waals surface area contributed by atoms with Crippen molar-refractivity contribution in [1.82, 2.24) is 9.88 Å². The number of rotatable bonds is 5. The van der Waals surface area contributed by atoms with Crippen LogP contribution in [-0.4, -0.2) is 40.6 Å². The van der Waals surface area contributed by atoms with E-state index in [0.717, 1.165) is 38.9 Å². The van der Waals surface area contributed by atoms with Crippen LogP contribution in [0.4, 0.5) is 0 Å². The molecule has 0 amide bonds. The lowest BCUT2D eigenvalue weighted by Crippen LogP contribution is -2.28. The van der Waals surface area contributed by atoms with Crippen molar-refractivity contribution < 1.29 is 9.47 Å². The van der Waals surface area contributed by atoms with Gasteiger partial charge in [0.25, 0.3) is 0 Å². The molecule has 0 radical (unpaired) electrons. The third-order valence-corrected chi connectivity index (χ3v) is 6.45. The van der Waals surface area contributed by atoms with Gasteiger partial charge in [0.05, 0.1) is 29.9 Å². The van der Waals surface area contributed by atoms with Crippen molar-refractivity contribution in [2.75, 3.05) is 20.3 Å². The molecule has 5 nitrogen and oxygen atoms in total. The number of thioether (sulfide) groups is 1. The maximum Gasteiger partial charge on any atom is 0.175 e. The molecule has 142 valence electrons. The Morgan fingerprint density at radius 3 is 2.89 bits per heavy atom. The Morgan fingerprint density at radius 1 is 1.33 bits per heavy atom. The molecular formula is C20H22BrN3O2S. The summed E-state index contributed by atoms with van der Waals surface area (Å²) in [5.74, 6) is 1.47. The van der Waals surface area contributed by atoms with Crippen molar-refractivity contribution >= 4 is 32.9 Å². The second-order valence-electron chi connectivity index (χ2n) is 6.60. The van der Waals surface area contributed by atoms with Crippen LogP contribution in [0, 0.1) is 0 Å². The van der Waals surface area contributed by atoms with E-state index >= 15 is 0 Å². The first-order valence-electron chi connectivity index (χ1n) is 9.04. The van der Waals surface area contributed by atoms with Crippen LogP contribution in [0.1, 0.15) is 37.2 Å². The zero-order chi connectivity index (χ0) is 19.0. The average molecular weight is 448 g/mol. The molecule has 2 aromatic rings. The van der Waals surface area contributed by atoms with Crippen molar-refractivity contribution in [2.24, 2.45) is 4.99 Å². The molecule has 0 aliphatic carbocycles. The summed E-state index contributed by atoms with van der Waals surface area (Å²) in [4.78, 5) is 12.0. The number of hydrogen-bond acceptors (Lipinski definition) is 6. The maximum atomic E-state index is 5.76. The number of hydrogen-bond donors (Lipinski definition) is 0. The van der Waals surface area contributed by atoms with Gasteiger partial charge in [0.2, 0.25) is 0 Å². The van der Waals surface area contributed by atoms with E-state index in [1.165, 1.54) is 0 Å². The number of aliphatic imine (C=N–C) groups is 1. The topological polar surface area (TPSA) is 47.0 Å². The minimum Gasteiger partial charge on any atom is -0.493 e. The fourth-order valence-electron chi connectivity index (χ4n) is 3.67. The van der Waals surface area contributed by atoms with Crippen LogP contribution in [0.15, 0.2) is 46.0 Å². The molecule has 1 saturated heterocycles. The van der Waals surface area contributed by atoms with Crippen LogP contribution in [0.25, 0.3) is 0 Å². The van der Waals surface area contributed by atoms with Crippen molar-refractivity contribution in [3.05, 3.63) is 52.3 Å². The van der Waals surface area contributed by atoms with Gasteiger partial charge in [-0.05, 0) is 52.7 Å². The van der Waals surface area contributed by atoms with E-state index in [0.29, 0.717) is 11.9 Å². The fourth-order valence-corrected chi connectivity index (χ4v) is 5.34. The Labute approximate surface area is 172 Å². The number of pyridine rings is 1. The van der Waals surface area contributed by atoms with Crippen molar-refractivity contribution in [1.29, 1.82) is 0 Å². The molecule has 1 fully saturated rings. The van der Waals surface area contributed by atoms with Gasteiger partial charge >= 0.3 is 0 Å². The number of methoxy groups -OCH3 is 1. The summed E-state index contributed by atoms with van der Waals surface area (Å²) in [6.45, 7) is 5.77. The number of fused-ring (bicyclic) bond motifs is 1. The number of ether oxygens (including phenoxy) is 2. The van der Waals surface area contributed by atoms with Gasteiger partial charge in [-0.15, -0.1) is 0 Å². The highest BCUT2D eigenvalue weighted by atomic mass is 79.9. The Kier molecular flexibility index (Phi) is 5.32. The van der Waals surface area contributed by atoms with E-state index in [-0.39, 0.29) is 12.1 Å². The number of nitrogens with zero attached hydrogens (tertiary/aromatic N) is 3. The summed E-state index contributed by atoms with van der Waals surface area (Å²) in [7, 11) is 1.68. The molecule has 0 N–H and O–H groups in total. The van der Waals surface area contributed by atoms with Gasteiger partial charge in [-0.3, -0.25) is 9.98 Å². The second-order valence-corrected chi connectivity index (χ2v) is 8.86. The molecule has 0 unspecified atom stereocenters. The van der Waals surface area contributed by atoms with Gasteiger partial charge in [0.15, 0.2) is 16.7 Å². The number of amidine groups is 1. The molecule has 1 aromatic carbocycles. The minimum absolute atomic E-state index is 0.0317. The SMILES string of the molecule is CCOc1c(Br)cc([C@H]2[C@H](c3ccccn3)N=C3S[C@@H](C)CN32)cc1OC. The van der Waals surface area contributed by atoms with E-state index in [1.54, 1.807) is 7.11 Å². The summed E-state index contributed by atoms with van der Waals surface area (Å²) in [5.41, 5.74) is 2.13. The van der Waals surface area contributed by atoms with Gasteiger partial charge in [-0.2, -0.15) is 0 Å². The van der Waals surface area contributed by atoms with E-state index in [9.17, 15) is 0 Å². The monoisotopic (exact) mass is 447 g/mol. The quantitative estimate of drug-likeness (QED) is 0.655. The van der Waals surface area contributed by atoms with Crippen molar-refractivity contribution in [3.63, 3.8) is 0 Å². The third-order valence-electron chi connectivity index (χ3n) is 4.76. The molecule has 7 heteroatoms. The standard InChI is InChI=1S/C20H22BrN3O2S/c1-4-26-19-14(21)9-13(10-16(19)25-3)18-17(15-7-5-6-8-22-15)23-20-24(18)11-12(2)27-20/h5-10,12,17-18H,4,11H2,1-3H3/t12-,17-,18-/m0/s1. The molecule has 0 bridgehead atoms. The summed E-state index contributed by atoms with van der Waals surface area (Å²) >= 11 is 5.50. The summed E-state index contributed by atoms with van der Waals surface area (Å²) < 4.78 is 12.3. The third kappa shape index (κ3) is 3.43. The molecule has 3 heterocycles. The lowest BCUT2D eigenvalue weighted by Gasteiger charge is -2.28. The predicted molar refractivity (Wildman–Crippen MR) is 113 cm³/mol. The minimum atomic E-state index is -0.0317. The Morgan fingerprint density at radius 2 is 2.19 bits per heavy atom. The van der Waals surface area contributed by atoms with Crippen LogP contribution in [0.3, 0.4) is 0 Å². The Bertz CT molecular complexity index is 862. The van der Waals surface area contributed by atoms with Crippen LogP contribution >= 0.6 is 27.7 Å². The zero-order valence-electron chi connectivity index (χ0n) is 15.6. The van der Waals surface area contributed by atoms with E-state index in [1.807, 2.05) is 37.0 Å². The molecule has 2 aliphatic heterocycles. The van der Waals surface area contributed by atoms with Gasteiger partial charge in [-0.25, -0.2) is 0 Å². The highest BCUT2D eigenvalue weighted by Gasteiger charge is 2.43. The smallest absolute Gasteiger partial charge is 0.175 e. The maximum absolute atomic E-state index is 5.76. The lowest BCUT2D eigenvalue weighted by atomic mass is 9.96. The van der Waals surface area contributed by atoms with Crippen LogP contribution in [0.5, 0.6) is 11.5 Å². The molecule has 4 rings (SSSR count). The molecule has 2 aliphatic rings. The molecule has 0 spiro atoms. The van der Waals surface area contributed by atoms with Crippen LogP contribution in [0.2, 0.25) is 0 Å². The summed E-state index contributed by atoms with van der Waals surface area (Å²) in [6, 6.07) is 10.3. The Balaban J connectivity index is 1.79. The first-order chi connectivity index (χ1) is 13.1. The molecule has 3 atom stereocenters. The highest BCUT2D eigenvalue weighted by molar-refractivity contribution is 9.10. The molecular weight excluding hydrogens is 426 g/mol. The number of halogens is 1. The van der Waals surface area contributed by atoms with Gasteiger partial charge in [0.1, 0.15) is 6.04 Å². The summed E-state index contributed by atoms with van der Waals surface area (Å²) in [6.07, 6.45) is 1.83. The highest BCUT2D eigenvalue weighted by Crippen LogP contribution is 2.49. The van der Waals surface area contributed by atoms with Crippen molar-refractivity contribution in [2.45, 2.75) is 31.2 Å². The van der Waals surface area contributed by atoms with Gasteiger partial charge < -0.3 is 14.4 Å². The van der Waals surface area contributed by atoms with E-state index < -0.39 is 0 Å². The van der Waals surface area contributed by atoms with E-state index in [4.69, 9.17) is 14.5 Å². The predicted octanol–water partition coefficient (Wildman–Crippen LogP) is 4.84. The van der Waals surface area contributed by atoms with E-state index in [2.05, 4.69) is 50.9 Å². The largest absolute Gasteiger partial charge is 0.493 e. The van der Waals surface area contributed by atoms with Gasteiger partial charge in [0, 0.05) is 18.0 Å². The van der Waals surface area contributed by atoms with Crippen LogP contribution in [-0.2, 0) is 0 Å². The fraction of sp³-hybridized carbons (Fsp3) is 0.400. The average Bonchev–Trinajstić information content (AvgIpc) is 3.20. The first kappa shape index (κ1) is 18.6.